The molecule has 3 aromatic carbocycles. The number of hydrogen-bond donors (Lipinski definition) is 3. The maximum absolute atomic E-state index is 11.2. The number of anilines is 1. The van der Waals surface area contributed by atoms with Gasteiger partial charge in [0.1, 0.15) is 0 Å². The molecule has 0 radical (unpaired) electrons. The zero-order valence-electron chi connectivity index (χ0n) is 14.8. The van der Waals surface area contributed by atoms with Crippen LogP contribution in [0.2, 0.25) is 0 Å². The summed E-state index contributed by atoms with van der Waals surface area (Å²) in [5.41, 5.74) is 10.1. The molecule has 0 bridgehead atoms. The molecule has 2 amide bonds. The van der Waals surface area contributed by atoms with E-state index in [1.54, 1.807) is 11.3 Å². The summed E-state index contributed by atoms with van der Waals surface area (Å²) in [6.45, 7) is 0. The van der Waals surface area contributed by atoms with Crippen LogP contribution >= 0.6 is 11.3 Å². The number of amides is 2. The van der Waals surface area contributed by atoms with Crippen LogP contribution in [0.5, 0.6) is 0 Å². The van der Waals surface area contributed by atoms with Crippen molar-refractivity contribution >= 4 is 44.0 Å². The second-order valence-corrected chi connectivity index (χ2v) is 7.66. The molecule has 0 fully saturated rings. The predicted molar refractivity (Wildman–Crippen MR) is 116 cm³/mol. The molecule has 136 valence electrons. The fraction of sp³-hybridized carbons (Fsp3) is 0. The van der Waals surface area contributed by atoms with Gasteiger partial charge < -0.3 is 11.1 Å². The van der Waals surface area contributed by atoms with Crippen molar-refractivity contribution in [2.24, 2.45) is 5.73 Å². The largest absolute Gasteiger partial charge is 0.351 e. The Kier molecular flexibility index (Phi) is 3.84. The smallest absolute Gasteiger partial charge is 0.316 e. The Balaban J connectivity index is 1.69. The van der Waals surface area contributed by atoms with Crippen LogP contribution in [0.1, 0.15) is 0 Å². The fourth-order valence-corrected chi connectivity index (χ4v) is 4.54. The van der Waals surface area contributed by atoms with Crippen molar-refractivity contribution in [3.8, 4) is 21.6 Å². The molecular formula is C22H16N4OS. The number of carbonyl (C=O) groups excluding carboxylic acids is 1. The number of carbonyl (C=O) groups is 1. The van der Waals surface area contributed by atoms with Gasteiger partial charge in [-0.2, -0.15) is 5.10 Å². The van der Waals surface area contributed by atoms with Crippen LogP contribution in [0.3, 0.4) is 0 Å². The maximum atomic E-state index is 11.2. The molecule has 28 heavy (non-hydrogen) atoms. The van der Waals surface area contributed by atoms with Crippen molar-refractivity contribution in [1.82, 2.24) is 10.2 Å². The third kappa shape index (κ3) is 2.90. The van der Waals surface area contributed by atoms with Crippen molar-refractivity contribution < 1.29 is 4.79 Å². The van der Waals surface area contributed by atoms with E-state index in [1.807, 2.05) is 30.5 Å². The van der Waals surface area contributed by atoms with Crippen LogP contribution in [-0.4, -0.2) is 16.2 Å². The molecule has 2 heterocycles. The molecule has 0 unspecified atom stereocenters. The van der Waals surface area contributed by atoms with Gasteiger partial charge in [-0.1, -0.05) is 30.3 Å². The Labute approximate surface area is 164 Å². The number of nitrogens with zero attached hydrogens (tertiary/aromatic N) is 1. The zero-order chi connectivity index (χ0) is 19.1. The minimum atomic E-state index is -0.576. The highest BCUT2D eigenvalue weighted by Gasteiger charge is 2.12. The normalized spacial score (nSPS) is 11.1. The average molecular weight is 384 g/mol. The number of rotatable bonds is 3. The Bertz CT molecular complexity index is 1300. The van der Waals surface area contributed by atoms with Gasteiger partial charge in [-0.3, -0.25) is 5.10 Å². The number of fused-ring (bicyclic) bond motifs is 2. The van der Waals surface area contributed by atoms with E-state index in [0.717, 1.165) is 27.6 Å². The third-order valence-electron chi connectivity index (χ3n) is 4.70. The summed E-state index contributed by atoms with van der Waals surface area (Å²) in [6.07, 6.45) is 1.83. The van der Waals surface area contributed by atoms with E-state index in [4.69, 9.17) is 5.73 Å². The zero-order valence-corrected chi connectivity index (χ0v) is 15.6. The highest BCUT2D eigenvalue weighted by atomic mass is 32.1. The topological polar surface area (TPSA) is 83.8 Å². The van der Waals surface area contributed by atoms with Gasteiger partial charge in [0.05, 0.1) is 11.7 Å². The Morgan fingerprint density at radius 2 is 1.86 bits per heavy atom. The molecular weight excluding hydrogens is 368 g/mol. The minimum Gasteiger partial charge on any atom is -0.351 e. The number of H-pyrrole nitrogens is 1. The van der Waals surface area contributed by atoms with Crippen LogP contribution in [0.25, 0.3) is 42.6 Å². The second kappa shape index (κ2) is 6.51. The second-order valence-electron chi connectivity index (χ2n) is 6.58. The molecule has 0 aliphatic carbocycles. The van der Waals surface area contributed by atoms with Gasteiger partial charge >= 0.3 is 6.03 Å². The van der Waals surface area contributed by atoms with Gasteiger partial charge in [-0.15, -0.1) is 11.3 Å². The average Bonchev–Trinajstić information content (AvgIpc) is 3.33. The number of aromatic amines is 1. The first-order valence-electron chi connectivity index (χ1n) is 8.80. The molecule has 5 rings (SSSR count). The third-order valence-corrected chi connectivity index (χ3v) is 5.85. The van der Waals surface area contributed by atoms with Crippen molar-refractivity contribution in [3.63, 3.8) is 0 Å². The lowest BCUT2D eigenvalue weighted by atomic mass is 9.99. The van der Waals surface area contributed by atoms with Gasteiger partial charge in [0, 0.05) is 26.2 Å². The lowest BCUT2D eigenvalue weighted by Crippen LogP contribution is -2.19. The summed E-state index contributed by atoms with van der Waals surface area (Å²) in [4.78, 5) is 12.4. The summed E-state index contributed by atoms with van der Waals surface area (Å²) < 4.78 is 1.25. The van der Waals surface area contributed by atoms with E-state index in [0.29, 0.717) is 5.69 Å². The number of thiophene rings is 1. The SMILES string of the molecule is NC(=O)Nc1cccc(-c2cc(-c3cc4ccccc4s3)c3[nH]ncc3c2)c1. The number of aromatic nitrogens is 2. The summed E-state index contributed by atoms with van der Waals surface area (Å²) >= 11 is 1.76. The van der Waals surface area contributed by atoms with E-state index >= 15 is 0 Å². The van der Waals surface area contributed by atoms with Crippen LogP contribution in [-0.2, 0) is 0 Å². The first-order chi connectivity index (χ1) is 13.7. The van der Waals surface area contributed by atoms with Gasteiger partial charge in [0.15, 0.2) is 0 Å². The molecule has 5 aromatic rings. The molecule has 6 heteroatoms. The summed E-state index contributed by atoms with van der Waals surface area (Å²) in [7, 11) is 0. The molecule has 0 spiro atoms. The molecule has 0 atom stereocenters. The van der Waals surface area contributed by atoms with Crippen molar-refractivity contribution in [1.29, 1.82) is 0 Å². The van der Waals surface area contributed by atoms with Gasteiger partial charge in [0.2, 0.25) is 0 Å². The van der Waals surface area contributed by atoms with E-state index in [2.05, 4.69) is 58.0 Å². The number of urea groups is 1. The van der Waals surface area contributed by atoms with E-state index in [9.17, 15) is 4.79 Å². The molecule has 0 saturated heterocycles. The minimum absolute atomic E-state index is 0.576. The van der Waals surface area contributed by atoms with Crippen LogP contribution < -0.4 is 11.1 Å². The first kappa shape index (κ1) is 16.5. The number of benzene rings is 3. The fourth-order valence-electron chi connectivity index (χ4n) is 3.45. The van der Waals surface area contributed by atoms with Crippen LogP contribution in [0.15, 0.2) is 72.9 Å². The van der Waals surface area contributed by atoms with Crippen molar-refractivity contribution in [3.05, 3.63) is 72.9 Å². The van der Waals surface area contributed by atoms with E-state index in [-0.39, 0.29) is 0 Å². The molecule has 0 saturated carbocycles. The van der Waals surface area contributed by atoms with E-state index < -0.39 is 6.03 Å². The lowest BCUT2D eigenvalue weighted by molar-refractivity contribution is 0.259. The van der Waals surface area contributed by atoms with Crippen molar-refractivity contribution in [2.75, 3.05) is 5.32 Å². The standard InChI is InChI=1S/C22H16N4OS/c23-22(27)25-17-6-3-5-13(9-17)15-8-16-12-24-26-21(16)18(10-15)20-11-14-4-1-2-7-19(14)28-20/h1-12H,(H,24,26)(H3,23,25,27). The molecule has 0 aliphatic heterocycles. The molecule has 2 aromatic heterocycles. The maximum Gasteiger partial charge on any atom is 0.316 e. The number of primary amides is 1. The summed E-state index contributed by atoms with van der Waals surface area (Å²) in [5.74, 6) is 0. The number of nitrogens with one attached hydrogen (secondary N) is 2. The van der Waals surface area contributed by atoms with Crippen LogP contribution in [0.4, 0.5) is 10.5 Å². The Morgan fingerprint density at radius 1 is 0.964 bits per heavy atom. The van der Waals surface area contributed by atoms with E-state index in [1.165, 1.54) is 15.0 Å². The van der Waals surface area contributed by atoms with Gasteiger partial charge in [-0.05, 0) is 52.9 Å². The molecule has 5 nitrogen and oxygen atoms in total. The first-order valence-corrected chi connectivity index (χ1v) is 9.62. The quantitative estimate of drug-likeness (QED) is 0.378. The monoisotopic (exact) mass is 384 g/mol. The highest BCUT2D eigenvalue weighted by molar-refractivity contribution is 7.22. The summed E-state index contributed by atoms with van der Waals surface area (Å²) in [6, 6.07) is 21.9. The number of nitrogens with two attached hydrogens (primary N) is 1. The lowest BCUT2D eigenvalue weighted by Gasteiger charge is -2.09. The van der Waals surface area contributed by atoms with Gasteiger partial charge in [0.25, 0.3) is 0 Å². The van der Waals surface area contributed by atoms with Crippen LogP contribution in [0, 0.1) is 0 Å². The predicted octanol–water partition coefficient (Wildman–Crippen LogP) is 5.60. The van der Waals surface area contributed by atoms with Crippen molar-refractivity contribution in [2.45, 2.75) is 0 Å². The summed E-state index contributed by atoms with van der Waals surface area (Å²) in [5, 5.41) is 12.3. The Morgan fingerprint density at radius 3 is 2.71 bits per heavy atom. The van der Waals surface area contributed by atoms with Gasteiger partial charge in [-0.25, -0.2) is 4.79 Å². The highest BCUT2D eigenvalue weighted by Crippen LogP contribution is 2.39. The Hall–Kier alpha value is -3.64. The molecule has 4 N–H and O–H groups in total. The molecule has 0 aliphatic rings. The number of hydrogen-bond acceptors (Lipinski definition) is 3.